The lowest BCUT2D eigenvalue weighted by molar-refractivity contribution is -0.139. The fraction of sp³-hybridized carbons (Fsp3) is 0.562. The second-order valence-electron chi connectivity index (χ2n) is 5.77. The molecule has 0 aliphatic carbocycles. The van der Waals surface area contributed by atoms with Gasteiger partial charge in [0.2, 0.25) is 17.7 Å². The fourth-order valence-electron chi connectivity index (χ4n) is 2.02. The van der Waals surface area contributed by atoms with E-state index < -0.39 is 42.4 Å². The summed E-state index contributed by atoms with van der Waals surface area (Å²) in [5.41, 5.74) is 5.23. The highest BCUT2D eigenvalue weighted by molar-refractivity contribution is 7.80. The summed E-state index contributed by atoms with van der Waals surface area (Å²) in [5, 5.41) is 21.4. The summed E-state index contributed by atoms with van der Waals surface area (Å²) < 4.78 is 0. The van der Waals surface area contributed by atoms with Crippen LogP contribution in [0.5, 0.6) is 0 Å². The minimum Gasteiger partial charge on any atom is -0.480 e. The van der Waals surface area contributed by atoms with Gasteiger partial charge < -0.3 is 31.5 Å². The highest BCUT2D eigenvalue weighted by Crippen LogP contribution is 2.08. The molecule has 0 spiro atoms. The number of thiol groups is 1. The summed E-state index contributed by atoms with van der Waals surface area (Å²) in [5.74, 6) is -3.50. The molecular formula is C16H26N4O7S. The van der Waals surface area contributed by atoms with Crippen molar-refractivity contribution >= 4 is 42.3 Å². The Morgan fingerprint density at radius 3 is 2.36 bits per heavy atom. The minimum absolute atomic E-state index is 0.0256. The van der Waals surface area contributed by atoms with Gasteiger partial charge in [0.05, 0.1) is 0 Å². The molecule has 0 radical (unpaired) electrons. The van der Waals surface area contributed by atoms with Crippen molar-refractivity contribution < 1.29 is 34.2 Å². The summed E-state index contributed by atoms with van der Waals surface area (Å²) in [4.78, 5) is 56.1. The number of aliphatic carboxylic acids is 2. The molecule has 1 heterocycles. The lowest BCUT2D eigenvalue weighted by atomic mass is 10.1. The molecule has 158 valence electrons. The van der Waals surface area contributed by atoms with Crippen molar-refractivity contribution in [3.05, 3.63) is 12.8 Å². The molecule has 2 unspecified atom stereocenters. The highest BCUT2D eigenvalue weighted by Gasteiger charge is 2.21. The molecule has 0 bridgehead atoms. The average molecular weight is 418 g/mol. The van der Waals surface area contributed by atoms with Crippen molar-refractivity contribution in [2.75, 3.05) is 18.8 Å². The van der Waals surface area contributed by atoms with Crippen molar-refractivity contribution in [3.63, 3.8) is 0 Å². The number of carboxylic acids is 2. The van der Waals surface area contributed by atoms with Gasteiger partial charge in [0.25, 0.3) is 0 Å². The smallest absolute Gasteiger partial charge is 0.322 e. The van der Waals surface area contributed by atoms with E-state index in [-0.39, 0.29) is 24.5 Å². The van der Waals surface area contributed by atoms with E-state index in [1.54, 1.807) is 11.1 Å². The topological polar surface area (TPSA) is 179 Å². The monoisotopic (exact) mass is 418 g/mol. The van der Waals surface area contributed by atoms with E-state index in [1.165, 1.54) is 0 Å². The van der Waals surface area contributed by atoms with Gasteiger partial charge in [-0.3, -0.25) is 24.0 Å². The third-order valence-corrected chi connectivity index (χ3v) is 3.94. The van der Waals surface area contributed by atoms with Crippen molar-refractivity contribution in [3.8, 4) is 0 Å². The molecule has 3 amide bonds. The number of carbonyl (C=O) groups is 5. The number of carbonyl (C=O) groups excluding carboxylic acids is 3. The summed E-state index contributed by atoms with van der Waals surface area (Å²) in [6.07, 6.45) is 3.05. The van der Waals surface area contributed by atoms with Gasteiger partial charge in [0, 0.05) is 25.1 Å². The van der Waals surface area contributed by atoms with Crippen LogP contribution >= 0.6 is 12.6 Å². The Morgan fingerprint density at radius 2 is 1.96 bits per heavy atom. The van der Waals surface area contributed by atoms with Crippen LogP contribution in [0, 0.1) is 0 Å². The highest BCUT2D eigenvalue weighted by atomic mass is 32.1. The number of carboxylic acid groups (broad SMARTS) is 2. The number of rotatable bonds is 10. The summed E-state index contributed by atoms with van der Waals surface area (Å²) >= 11 is 3.87. The van der Waals surface area contributed by atoms with Crippen LogP contribution < -0.4 is 16.4 Å². The van der Waals surface area contributed by atoms with Crippen LogP contribution in [0.4, 0.5) is 0 Å². The van der Waals surface area contributed by atoms with Gasteiger partial charge in [-0.25, -0.2) is 0 Å². The number of amides is 3. The Morgan fingerprint density at radius 1 is 1.32 bits per heavy atom. The zero-order valence-corrected chi connectivity index (χ0v) is 16.2. The summed E-state index contributed by atoms with van der Waals surface area (Å²) in [6.45, 7) is 3.80. The molecule has 0 aromatic heterocycles. The Balaban J connectivity index is 0.000000749. The van der Waals surface area contributed by atoms with Crippen molar-refractivity contribution in [1.82, 2.24) is 15.5 Å². The van der Waals surface area contributed by atoms with Crippen molar-refractivity contribution in [2.24, 2.45) is 5.73 Å². The van der Waals surface area contributed by atoms with Gasteiger partial charge in [0.1, 0.15) is 18.6 Å². The number of nitrogens with one attached hydrogen (secondary N) is 2. The average Bonchev–Trinajstić information content (AvgIpc) is 3.07. The molecule has 1 fully saturated rings. The van der Waals surface area contributed by atoms with Crippen LogP contribution in [0.1, 0.15) is 25.7 Å². The molecule has 11 nitrogen and oxygen atoms in total. The van der Waals surface area contributed by atoms with E-state index in [4.69, 9.17) is 15.9 Å². The molecule has 1 aliphatic heterocycles. The van der Waals surface area contributed by atoms with Gasteiger partial charge in [-0.15, -0.1) is 0 Å². The number of nitrogens with zero attached hydrogens (tertiary/aromatic N) is 1. The van der Waals surface area contributed by atoms with Gasteiger partial charge >= 0.3 is 11.9 Å². The lowest BCUT2D eigenvalue weighted by Crippen LogP contribution is -2.49. The van der Waals surface area contributed by atoms with E-state index in [0.717, 1.165) is 13.0 Å². The normalized spacial score (nSPS) is 14.9. The largest absolute Gasteiger partial charge is 0.480 e. The lowest BCUT2D eigenvalue weighted by Gasteiger charge is -2.16. The molecule has 2 atom stereocenters. The van der Waals surface area contributed by atoms with Gasteiger partial charge in [0.15, 0.2) is 0 Å². The molecule has 0 saturated carbocycles. The molecular weight excluding hydrogens is 392 g/mol. The maximum Gasteiger partial charge on any atom is 0.322 e. The molecule has 12 heteroatoms. The summed E-state index contributed by atoms with van der Waals surface area (Å²) in [6, 6.07) is -2.15. The van der Waals surface area contributed by atoms with E-state index in [2.05, 4.69) is 29.8 Å². The molecule has 6 N–H and O–H groups in total. The second kappa shape index (κ2) is 13.6. The van der Waals surface area contributed by atoms with E-state index >= 15 is 0 Å². The first-order valence-corrected chi connectivity index (χ1v) is 9.05. The SMILES string of the molecule is C=CN1CCCC1=O.NC(CCC(=O)NC(CS)C(=O)NCC(=O)O)C(=O)O. The van der Waals surface area contributed by atoms with Gasteiger partial charge in [-0.05, 0) is 19.0 Å². The van der Waals surface area contributed by atoms with Crippen LogP contribution in [-0.2, 0) is 24.0 Å². The van der Waals surface area contributed by atoms with Crippen LogP contribution in [0.3, 0.4) is 0 Å². The van der Waals surface area contributed by atoms with E-state index in [9.17, 15) is 24.0 Å². The minimum atomic E-state index is -1.22. The van der Waals surface area contributed by atoms with Crippen LogP contribution in [-0.4, -0.2) is 75.7 Å². The second-order valence-corrected chi connectivity index (χ2v) is 6.14. The predicted molar refractivity (Wildman–Crippen MR) is 102 cm³/mol. The van der Waals surface area contributed by atoms with Gasteiger partial charge in [-0.2, -0.15) is 12.6 Å². The van der Waals surface area contributed by atoms with Crippen LogP contribution in [0.25, 0.3) is 0 Å². The maximum atomic E-state index is 11.5. The number of likely N-dealkylation sites (tertiary alicyclic amines) is 1. The van der Waals surface area contributed by atoms with E-state index in [1.807, 2.05) is 0 Å². The van der Waals surface area contributed by atoms with Crippen molar-refractivity contribution in [2.45, 2.75) is 37.8 Å². The maximum absolute atomic E-state index is 11.5. The number of hydrogen-bond acceptors (Lipinski definition) is 7. The third-order valence-electron chi connectivity index (χ3n) is 3.58. The molecule has 0 aromatic carbocycles. The Kier molecular flexibility index (Phi) is 12.3. The number of hydrogen-bond donors (Lipinski definition) is 6. The first-order chi connectivity index (χ1) is 13.1. The van der Waals surface area contributed by atoms with E-state index in [0.29, 0.717) is 6.42 Å². The Bertz CT molecular complexity index is 600. The summed E-state index contributed by atoms with van der Waals surface area (Å²) in [7, 11) is 0. The molecule has 28 heavy (non-hydrogen) atoms. The fourth-order valence-corrected chi connectivity index (χ4v) is 2.28. The Hall–Kier alpha value is -2.60. The van der Waals surface area contributed by atoms with Crippen LogP contribution in [0.15, 0.2) is 12.8 Å². The zero-order chi connectivity index (χ0) is 21.7. The standard InChI is InChI=1S/C10H17N3O6S.C6H9NO/c11-5(10(18)19)1-2-7(14)13-6(4-20)9(17)12-3-8(15)16;1-2-7-5-3-4-6(7)8/h5-6,20H,1-4,11H2,(H,12,17)(H,13,14)(H,15,16)(H,18,19);2H,1,3-5H2. The first kappa shape index (κ1) is 25.4. The third kappa shape index (κ3) is 10.5. The van der Waals surface area contributed by atoms with Crippen molar-refractivity contribution in [1.29, 1.82) is 0 Å². The first-order valence-electron chi connectivity index (χ1n) is 8.42. The molecule has 1 saturated heterocycles. The molecule has 0 aromatic rings. The molecule has 1 aliphatic rings. The van der Waals surface area contributed by atoms with Crippen LogP contribution in [0.2, 0.25) is 0 Å². The molecule has 1 rings (SSSR count). The van der Waals surface area contributed by atoms with Gasteiger partial charge in [-0.1, -0.05) is 6.58 Å². The number of nitrogens with two attached hydrogens (primary N) is 1. The Labute approximate surface area is 167 Å². The quantitative estimate of drug-likeness (QED) is 0.233. The zero-order valence-electron chi connectivity index (χ0n) is 15.3. The predicted octanol–water partition coefficient (Wildman–Crippen LogP) is -1.45.